The van der Waals surface area contributed by atoms with Crippen LogP contribution in [0.3, 0.4) is 0 Å². The molecule has 0 aliphatic carbocycles. The number of amides is 1. The third-order valence-corrected chi connectivity index (χ3v) is 7.46. The number of likely N-dealkylation sites (tertiary alicyclic amines) is 1. The van der Waals surface area contributed by atoms with E-state index in [0.29, 0.717) is 6.67 Å². The fourth-order valence-corrected chi connectivity index (χ4v) is 6.02. The molecule has 7 heteroatoms. The largest absolute Gasteiger partial charge is 0.334 e. The first kappa shape index (κ1) is 18.4. The lowest BCUT2D eigenvalue weighted by Gasteiger charge is -2.37. The van der Waals surface area contributed by atoms with Gasteiger partial charge in [-0.2, -0.15) is 0 Å². The molecule has 0 radical (unpaired) electrons. The van der Waals surface area contributed by atoms with E-state index in [-0.39, 0.29) is 5.91 Å². The molecule has 2 N–H and O–H groups in total. The van der Waals surface area contributed by atoms with Crippen LogP contribution in [0.2, 0.25) is 0 Å². The molecule has 28 heavy (non-hydrogen) atoms. The van der Waals surface area contributed by atoms with Gasteiger partial charge in [0, 0.05) is 27.8 Å². The summed E-state index contributed by atoms with van der Waals surface area (Å²) < 4.78 is 3.52. The molecule has 3 heterocycles. The van der Waals surface area contributed by atoms with Gasteiger partial charge in [0.05, 0.1) is 23.6 Å². The average Bonchev–Trinajstić information content (AvgIpc) is 2.74. The number of hydrogen-bond donors (Lipinski definition) is 2. The Morgan fingerprint density at radius 3 is 2.89 bits per heavy atom. The van der Waals surface area contributed by atoms with Crippen molar-refractivity contribution in [2.24, 2.45) is 0 Å². The number of nitrogens with one attached hydrogen (secondary N) is 2. The van der Waals surface area contributed by atoms with Gasteiger partial charge in [-0.05, 0) is 68.2 Å². The van der Waals surface area contributed by atoms with Crippen LogP contribution in [-0.2, 0) is 0 Å². The van der Waals surface area contributed by atoms with Crippen LogP contribution in [-0.4, -0.2) is 43.7 Å². The Bertz CT molecular complexity index is 898. The molecule has 0 spiro atoms. The van der Waals surface area contributed by atoms with Crippen molar-refractivity contribution in [2.75, 3.05) is 37.7 Å². The summed E-state index contributed by atoms with van der Waals surface area (Å²) in [5.41, 5.74) is 2.98. The quantitative estimate of drug-likeness (QED) is 0.570. The molecule has 1 saturated heterocycles. The minimum atomic E-state index is 0.0160. The molecule has 3 aliphatic heterocycles. The van der Waals surface area contributed by atoms with Gasteiger partial charge in [-0.1, -0.05) is 24.2 Å². The van der Waals surface area contributed by atoms with Gasteiger partial charge in [-0.15, -0.1) is 0 Å². The van der Waals surface area contributed by atoms with Crippen LogP contribution in [0, 0.1) is 0 Å². The van der Waals surface area contributed by atoms with E-state index in [0.717, 1.165) is 29.2 Å². The molecule has 2 aromatic rings. The number of carbonyl (C=O) groups excluding carboxylic acids is 1. The molecule has 3 aliphatic rings. The zero-order chi connectivity index (χ0) is 18.9. The summed E-state index contributed by atoms with van der Waals surface area (Å²) in [5, 5.41) is 2.98. The topological polar surface area (TPSA) is 47.6 Å². The fourth-order valence-electron chi connectivity index (χ4n) is 4.10. The Labute approximate surface area is 174 Å². The van der Waals surface area contributed by atoms with Gasteiger partial charge in [0.1, 0.15) is 0 Å². The summed E-state index contributed by atoms with van der Waals surface area (Å²) in [5.74, 6) is 0.0160. The molecular formula is C21H24N4OS2. The maximum atomic E-state index is 12.2. The average molecular weight is 413 g/mol. The highest BCUT2D eigenvalue weighted by atomic mass is 32.2. The highest BCUT2D eigenvalue weighted by Gasteiger charge is 2.31. The SMILES string of the molecule is O=C1NCN2c3ccc(SNCCN4CCCCC4)cc3Sc3cccc1c32. The van der Waals surface area contributed by atoms with Crippen LogP contribution in [0.25, 0.3) is 0 Å². The molecule has 5 nitrogen and oxygen atoms in total. The molecule has 0 saturated carbocycles. The summed E-state index contributed by atoms with van der Waals surface area (Å²) in [4.78, 5) is 20.6. The third-order valence-electron chi connectivity index (χ3n) is 5.52. The first-order valence-electron chi connectivity index (χ1n) is 9.92. The van der Waals surface area contributed by atoms with E-state index < -0.39 is 0 Å². The molecule has 0 unspecified atom stereocenters. The van der Waals surface area contributed by atoms with Crippen LogP contribution in [0.5, 0.6) is 0 Å². The van der Waals surface area contributed by atoms with Crippen molar-refractivity contribution in [1.29, 1.82) is 0 Å². The van der Waals surface area contributed by atoms with Crippen molar-refractivity contribution in [3.05, 3.63) is 42.0 Å². The van der Waals surface area contributed by atoms with Crippen LogP contribution >= 0.6 is 23.7 Å². The fraction of sp³-hybridized carbons (Fsp3) is 0.381. The second kappa shape index (κ2) is 7.99. The van der Waals surface area contributed by atoms with Crippen molar-refractivity contribution in [3.63, 3.8) is 0 Å². The van der Waals surface area contributed by atoms with Crippen LogP contribution in [0.4, 0.5) is 11.4 Å². The Balaban J connectivity index is 1.27. The number of carbonyl (C=O) groups is 1. The smallest absolute Gasteiger partial charge is 0.254 e. The van der Waals surface area contributed by atoms with Crippen molar-refractivity contribution >= 4 is 41.0 Å². The number of hydrogen-bond acceptors (Lipinski definition) is 6. The van der Waals surface area contributed by atoms with Gasteiger partial charge in [-0.3, -0.25) is 9.52 Å². The van der Waals surface area contributed by atoms with Crippen molar-refractivity contribution in [1.82, 2.24) is 14.9 Å². The maximum Gasteiger partial charge on any atom is 0.254 e. The lowest BCUT2D eigenvalue weighted by molar-refractivity contribution is 0.0949. The zero-order valence-corrected chi connectivity index (χ0v) is 17.4. The van der Waals surface area contributed by atoms with Crippen LogP contribution in [0.1, 0.15) is 29.6 Å². The number of nitrogens with zero attached hydrogens (tertiary/aromatic N) is 2. The predicted octanol–water partition coefficient (Wildman–Crippen LogP) is 4.07. The molecule has 0 bridgehead atoms. The Morgan fingerprint density at radius 2 is 2.00 bits per heavy atom. The number of anilines is 2. The van der Waals surface area contributed by atoms with Crippen molar-refractivity contribution in [2.45, 2.75) is 33.9 Å². The molecule has 0 aromatic heterocycles. The number of piperidine rings is 1. The predicted molar refractivity (Wildman–Crippen MR) is 116 cm³/mol. The van der Waals surface area contributed by atoms with Gasteiger partial charge in [-0.25, -0.2) is 0 Å². The highest BCUT2D eigenvalue weighted by Crippen LogP contribution is 2.50. The first-order valence-corrected chi connectivity index (χ1v) is 11.6. The maximum absolute atomic E-state index is 12.2. The Morgan fingerprint density at radius 1 is 1.11 bits per heavy atom. The van der Waals surface area contributed by atoms with E-state index in [1.54, 1.807) is 23.7 Å². The lowest BCUT2D eigenvalue weighted by atomic mass is 10.1. The molecule has 0 atom stereocenters. The number of rotatable bonds is 5. The van der Waals surface area contributed by atoms with Gasteiger partial charge >= 0.3 is 0 Å². The van der Waals surface area contributed by atoms with Gasteiger partial charge in [0.15, 0.2) is 0 Å². The lowest BCUT2D eigenvalue weighted by Crippen LogP contribution is -2.42. The molecule has 1 fully saturated rings. The summed E-state index contributed by atoms with van der Waals surface area (Å²) in [6.07, 6.45) is 4.07. The van der Waals surface area contributed by atoms with E-state index in [1.807, 2.05) is 12.1 Å². The zero-order valence-electron chi connectivity index (χ0n) is 15.7. The van der Waals surface area contributed by atoms with Crippen LogP contribution in [0.15, 0.2) is 51.1 Å². The molecule has 146 valence electrons. The van der Waals surface area contributed by atoms with Gasteiger partial charge in [0.2, 0.25) is 0 Å². The summed E-state index contributed by atoms with van der Waals surface area (Å²) in [6.45, 7) is 5.14. The second-order valence-electron chi connectivity index (χ2n) is 7.37. The second-order valence-corrected chi connectivity index (χ2v) is 9.42. The number of para-hydroxylation sites is 1. The standard InChI is InChI=1S/C21H24N4OS2/c26-21-16-5-4-6-18-20(16)25(14-22-21)17-8-7-15(13-19(17)27-18)28-23-9-12-24-10-2-1-3-11-24/h4-8,13,23H,1-3,9-12,14H2,(H,22,26). The van der Waals surface area contributed by atoms with E-state index in [2.05, 4.69) is 44.1 Å². The third kappa shape index (κ3) is 3.52. The highest BCUT2D eigenvalue weighted by molar-refractivity contribution is 8.00. The minimum absolute atomic E-state index is 0.0160. The van der Waals surface area contributed by atoms with E-state index in [9.17, 15) is 4.79 Å². The Kier molecular flexibility index (Phi) is 5.24. The first-order chi connectivity index (χ1) is 13.8. The van der Waals surface area contributed by atoms with Crippen LogP contribution < -0.4 is 14.9 Å². The minimum Gasteiger partial charge on any atom is -0.334 e. The number of fused-ring (bicyclic) bond motifs is 2. The summed E-state index contributed by atoms with van der Waals surface area (Å²) in [7, 11) is 0. The Hall–Kier alpha value is -1.67. The monoisotopic (exact) mass is 412 g/mol. The van der Waals surface area contributed by atoms with E-state index in [1.165, 1.54) is 47.8 Å². The number of benzene rings is 2. The summed E-state index contributed by atoms with van der Waals surface area (Å²) in [6, 6.07) is 12.6. The van der Waals surface area contributed by atoms with Crippen molar-refractivity contribution < 1.29 is 4.79 Å². The van der Waals surface area contributed by atoms with Gasteiger partial charge < -0.3 is 15.1 Å². The van der Waals surface area contributed by atoms with Crippen molar-refractivity contribution in [3.8, 4) is 0 Å². The molecule has 2 aromatic carbocycles. The van der Waals surface area contributed by atoms with E-state index in [4.69, 9.17) is 0 Å². The summed E-state index contributed by atoms with van der Waals surface area (Å²) >= 11 is 3.47. The normalized spacial score (nSPS) is 18.4. The van der Waals surface area contributed by atoms with E-state index >= 15 is 0 Å². The molecular weight excluding hydrogens is 388 g/mol. The molecule has 5 rings (SSSR count). The molecule has 1 amide bonds. The van der Waals surface area contributed by atoms with Gasteiger partial charge in [0.25, 0.3) is 5.91 Å².